The van der Waals surface area contributed by atoms with Crippen molar-refractivity contribution in [3.63, 3.8) is 0 Å². The number of ether oxygens (including phenoxy) is 1. The van der Waals surface area contributed by atoms with Gasteiger partial charge in [0.25, 0.3) is 11.8 Å². The highest BCUT2D eigenvalue weighted by Crippen LogP contribution is 2.24. The van der Waals surface area contributed by atoms with Crippen molar-refractivity contribution in [3.8, 4) is 23.0 Å². The number of hydrogen-bond acceptors (Lipinski definition) is 7. The molecule has 1 aromatic carbocycles. The molecule has 1 amide bonds. The van der Waals surface area contributed by atoms with Crippen LogP contribution < -0.4 is 10.1 Å². The van der Waals surface area contributed by atoms with E-state index in [-0.39, 0.29) is 5.91 Å². The molecule has 0 radical (unpaired) electrons. The van der Waals surface area contributed by atoms with E-state index in [4.69, 9.17) is 9.26 Å². The second-order valence-corrected chi connectivity index (χ2v) is 6.61. The molecule has 0 saturated heterocycles. The largest absolute Gasteiger partial charge is 0.497 e. The lowest BCUT2D eigenvalue weighted by Crippen LogP contribution is -2.23. The van der Waals surface area contributed by atoms with Crippen LogP contribution in [-0.2, 0) is 6.54 Å². The number of carbonyl (C=O) groups excluding carboxylic acids is 1. The molecule has 30 heavy (non-hydrogen) atoms. The summed E-state index contributed by atoms with van der Waals surface area (Å²) < 4.78 is 12.0. The number of rotatable bonds is 6. The van der Waals surface area contributed by atoms with Gasteiger partial charge in [-0.3, -0.25) is 4.79 Å². The maximum Gasteiger partial charge on any atom is 0.261 e. The Labute approximate surface area is 172 Å². The molecular formula is C21H20N6O3. The maximum absolute atomic E-state index is 12.7. The van der Waals surface area contributed by atoms with E-state index >= 15 is 0 Å². The first kappa shape index (κ1) is 19.3. The number of pyridine rings is 1. The number of aryl methyl sites for hydroxylation is 1. The highest BCUT2D eigenvalue weighted by molar-refractivity contribution is 5.95. The third-order valence-corrected chi connectivity index (χ3v) is 4.61. The molecule has 9 heteroatoms. The summed E-state index contributed by atoms with van der Waals surface area (Å²) in [6.45, 7) is 3.95. The number of aromatic nitrogens is 5. The molecule has 0 aliphatic rings. The Bertz CT molecular complexity index is 1180. The Morgan fingerprint density at radius 2 is 2.00 bits per heavy atom. The van der Waals surface area contributed by atoms with Crippen molar-refractivity contribution in [2.75, 3.05) is 7.11 Å². The van der Waals surface area contributed by atoms with Crippen molar-refractivity contribution in [2.24, 2.45) is 0 Å². The minimum absolute atomic E-state index is 0.222. The fourth-order valence-electron chi connectivity index (χ4n) is 3.01. The van der Waals surface area contributed by atoms with Crippen LogP contribution >= 0.6 is 0 Å². The van der Waals surface area contributed by atoms with Crippen LogP contribution in [0.3, 0.4) is 0 Å². The molecule has 1 N–H and O–H groups in total. The number of hydrogen-bond donors (Lipinski definition) is 1. The van der Waals surface area contributed by atoms with Crippen LogP contribution in [0.2, 0.25) is 0 Å². The van der Waals surface area contributed by atoms with Crippen LogP contribution in [0, 0.1) is 13.8 Å². The van der Waals surface area contributed by atoms with E-state index in [2.05, 4.69) is 25.5 Å². The predicted molar refractivity (Wildman–Crippen MR) is 108 cm³/mol. The van der Waals surface area contributed by atoms with E-state index in [1.807, 2.05) is 37.3 Å². The summed E-state index contributed by atoms with van der Waals surface area (Å²) >= 11 is 0. The smallest absolute Gasteiger partial charge is 0.261 e. The fourth-order valence-corrected chi connectivity index (χ4v) is 3.01. The summed E-state index contributed by atoms with van der Waals surface area (Å²) in [5, 5.41) is 11.1. The van der Waals surface area contributed by atoms with Crippen LogP contribution in [0.5, 0.6) is 5.75 Å². The summed E-state index contributed by atoms with van der Waals surface area (Å²) in [6, 6.07) is 11.1. The number of amides is 1. The molecule has 0 saturated carbocycles. The first-order chi connectivity index (χ1) is 14.6. The van der Waals surface area contributed by atoms with Gasteiger partial charge in [0, 0.05) is 12.7 Å². The SMILES string of the molecule is COc1ccc(CNC(=O)c2cnn(-c3ncccc3-c3nc(C)no3)c2C)cc1. The van der Waals surface area contributed by atoms with E-state index in [9.17, 15) is 4.79 Å². The van der Waals surface area contributed by atoms with Crippen molar-refractivity contribution < 1.29 is 14.1 Å². The van der Waals surface area contributed by atoms with E-state index < -0.39 is 0 Å². The van der Waals surface area contributed by atoms with Gasteiger partial charge >= 0.3 is 0 Å². The van der Waals surface area contributed by atoms with Crippen molar-refractivity contribution in [2.45, 2.75) is 20.4 Å². The third kappa shape index (κ3) is 3.77. The molecule has 3 heterocycles. The Morgan fingerprint density at radius 3 is 2.70 bits per heavy atom. The summed E-state index contributed by atoms with van der Waals surface area (Å²) in [6.07, 6.45) is 3.17. The van der Waals surface area contributed by atoms with Gasteiger partial charge in [0.1, 0.15) is 5.75 Å². The number of benzene rings is 1. The Hall–Kier alpha value is -4.01. The molecule has 0 aliphatic heterocycles. The zero-order valence-corrected chi connectivity index (χ0v) is 16.8. The molecule has 0 unspecified atom stereocenters. The molecule has 0 fully saturated rings. The maximum atomic E-state index is 12.7. The normalized spacial score (nSPS) is 10.8. The van der Waals surface area contributed by atoms with Gasteiger partial charge in [-0.05, 0) is 43.7 Å². The second kappa shape index (κ2) is 8.16. The van der Waals surface area contributed by atoms with Crippen molar-refractivity contribution in [3.05, 3.63) is 71.4 Å². The highest BCUT2D eigenvalue weighted by Gasteiger charge is 2.20. The zero-order valence-electron chi connectivity index (χ0n) is 16.8. The molecule has 3 aromatic heterocycles. The van der Waals surface area contributed by atoms with Gasteiger partial charge in [-0.2, -0.15) is 10.1 Å². The van der Waals surface area contributed by atoms with Crippen molar-refractivity contribution in [1.29, 1.82) is 0 Å². The predicted octanol–water partition coefficient (Wildman–Crippen LogP) is 2.87. The lowest BCUT2D eigenvalue weighted by atomic mass is 10.2. The Morgan fingerprint density at radius 1 is 1.20 bits per heavy atom. The van der Waals surface area contributed by atoms with Gasteiger partial charge in [-0.1, -0.05) is 17.3 Å². The van der Waals surface area contributed by atoms with E-state index in [0.29, 0.717) is 40.9 Å². The monoisotopic (exact) mass is 404 g/mol. The number of carbonyl (C=O) groups is 1. The Balaban J connectivity index is 1.56. The first-order valence-corrected chi connectivity index (χ1v) is 9.28. The molecule has 0 bridgehead atoms. The summed E-state index contributed by atoms with van der Waals surface area (Å²) in [4.78, 5) is 21.4. The number of methoxy groups -OCH3 is 1. The lowest BCUT2D eigenvalue weighted by Gasteiger charge is -2.08. The van der Waals surface area contributed by atoms with Crippen molar-refractivity contribution >= 4 is 5.91 Å². The Kier molecular flexibility index (Phi) is 5.25. The van der Waals surface area contributed by atoms with Gasteiger partial charge in [-0.25, -0.2) is 9.67 Å². The molecule has 9 nitrogen and oxygen atoms in total. The minimum atomic E-state index is -0.222. The van der Waals surface area contributed by atoms with Crippen LogP contribution in [0.4, 0.5) is 0 Å². The van der Waals surface area contributed by atoms with Crippen molar-refractivity contribution in [1.82, 2.24) is 30.2 Å². The fraction of sp³-hybridized carbons (Fsp3) is 0.190. The number of nitrogens with one attached hydrogen (secondary N) is 1. The lowest BCUT2D eigenvalue weighted by molar-refractivity contribution is 0.0950. The van der Waals surface area contributed by atoms with E-state index in [1.54, 1.807) is 31.0 Å². The van der Waals surface area contributed by atoms with Gasteiger partial charge in [0.15, 0.2) is 11.6 Å². The molecule has 0 spiro atoms. The highest BCUT2D eigenvalue weighted by atomic mass is 16.5. The topological polar surface area (TPSA) is 108 Å². The quantitative estimate of drug-likeness (QED) is 0.526. The van der Waals surface area contributed by atoms with E-state index in [0.717, 1.165) is 11.3 Å². The standard InChI is InChI=1S/C21H20N6O3/c1-13-18(20(28)23-11-15-6-8-16(29-3)9-7-15)12-24-27(13)19-17(5-4-10-22-19)21-25-14(2)26-30-21/h4-10,12H,11H2,1-3H3,(H,23,28). The van der Waals surface area contributed by atoms with E-state index in [1.165, 1.54) is 6.20 Å². The minimum Gasteiger partial charge on any atom is -0.497 e. The zero-order chi connectivity index (χ0) is 21.1. The molecule has 0 aliphatic carbocycles. The van der Waals surface area contributed by atoms with Gasteiger partial charge in [-0.15, -0.1) is 0 Å². The van der Waals surface area contributed by atoms with Gasteiger partial charge in [0.05, 0.1) is 30.1 Å². The molecule has 0 atom stereocenters. The average Bonchev–Trinajstić information content (AvgIpc) is 3.38. The van der Waals surface area contributed by atoms with Crippen LogP contribution in [0.25, 0.3) is 17.3 Å². The van der Waals surface area contributed by atoms with Gasteiger partial charge < -0.3 is 14.6 Å². The number of nitrogens with zero attached hydrogens (tertiary/aromatic N) is 5. The summed E-state index contributed by atoms with van der Waals surface area (Å²) in [5.41, 5.74) is 2.71. The van der Waals surface area contributed by atoms with Crippen LogP contribution in [-0.4, -0.2) is 37.9 Å². The van der Waals surface area contributed by atoms with Gasteiger partial charge in [0.2, 0.25) is 0 Å². The molecule has 4 rings (SSSR count). The summed E-state index contributed by atoms with van der Waals surface area (Å²) in [7, 11) is 1.61. The summed E-state index contributed by atoms with van der Waals surface area (Å²) in [5.74, 6) is 1.92. The first-order valence-electron chi connectivity index (χ1n) is 9.28. The third-order valence-electron chi connectivity index (χ3n) is 4.61. The average molecular weight is 404 g/mol. The van der Waals surface area contributed by atoms with Crippen LogP contribution in [0.15, 0.2) is 53.3 Å². The molecular weight excluding hydrogens is 384 g/mol. The molecule has 4 aromatic rings. The molecule has 152 valence electrons. The second-order valence-electron chi connectivity index (χ2n) is 6.61. The van der Waals surface area contributed by atoms with Crippen LogP contribution in [0.1, 0.15) is 27.4 Å².